The minimum absolute atomic E-state index is 0.0400. The van der Waals surface area contributed by atoms with Gasteiger partial charge in [-0.1, -0.05) is 24.3 Å². The van der Waals surface area contributed by atoms with Crippen molar-refractivity contribution in [3.8, 4) is 11.8 Å². The molecule has 2 aliphatic heterocycles. The molecule has 5 rings (SSSR count). The van der Waals surface area contributed by atoms with E-state index < -0.39 is 54.5 Å². The lowest BCUT2D eigenvalue weighted by Crippen LogP contribution is -2.53. The number of halogens is 4. The molecule has 2 aromatic carbocycles. The van der Waals surface area contributed by atoms with Crippen LogP contribution in [0.4, 0.5) is 17.6 Å². The lowest BCUT2D eigenvalue weighted by Gasteiger charge is -2.38. The Bertz CT molecular complexity index is 1650. The molecular formula is C31H29F4N5O5S. The first kappa shape index (κ1) is 33.1. The quantitative estimate of drug-likeness (QED) is 0.259. The summed E-state index contributed by atoms with van der Waals surface area (Å²) in [4.78, 5) is 42.6. The number of carbonyl (C=O) groups is 3. The van der Waals surface area contributed by atoms with Gasteiger partial charge in [-0.15, -0.1) is 11.8 Å². The zero-order valence-electron chi connectivity index (χ0n) is 24.6. The van der Waals surface area contributed by atoms with Crippen molar-refractivity contribution < 1.29 is 41.4 Å². The molecular weight excluding hydrogens is 630 g/mol. The molecule has 2 atom stereocenters. The van der Waals surface area contributed by atoms with E-state index in [1.54, 1.807) is 17.0 Å². The number of para-hydroxylation sites is 1. The first-order chi connectivity index (χ1) is 22.0. The topological polar surface area (TPSA) is 118 Å². The van der Waals surface area contributed by atoms with Crippen LogP contribution in [0.15, 0.2) is 53.6 Å². The third-order valence-electron chi connectivity index (χ3n) is 7.90. The van der Waals surface area contributed by atoms with E-state index in [9.17, 15) is 37.2 Å². The number of amides is 2. The summed E-state index contributed by atoms with van der Waals surface area (Å²) in [6, 6.07) is 13.6. The maximum atomic E-state index is 14.5. The fourth-order valence-corrected chi connectivity index (χ4v) is 6.52. The zero-order valence-corrected chi connectivity index (χ0v) is 25.4. The van der Waals surface area contributed by atoms with E-state index in [1.807, 2.05) is 6.07 Å². The van der Waals surface area contributed by atoms with Gasteiger partial charge in [0, 0.05) is 37.7 Å². The Kier molecular flexibility index (Phi) is 10.1. The van der Waals surface area contributed by atoms with Crippen LogP contribution < -0.4 is 4.74 Å². The van der Waals surface area contributed by atoms with E-state index in [4.69, 9.17) is 9.47 Å². The number of nitrogens with zero attached hydrogens (tertiary/aromatic N) is 5. The van der Waals surface area contributed by atoms with Crippen LogP contribution in [0.1, 0.15) is 39.5 Å². The van der Waals surface area contributed by atoms with Crippen molar-refractivity contribution in [1.82, 2.24) is 19.6 Å². The van der Waals surface area contributed by atoms with Crippen LogP contribution in [-0.4, -0.2) is 90.0 Å². The molecule has 15 heteroatoms. The lowest BCUT2D eigenvalue weighted by atomic mass is 9.81. The Morgan fingerprint density at radius 2 is 1.83 bits per heavy atom. The number of piperidine rings is 1. The van der Waals surface area contributed by atoms with Crippen LogP contribution in [0.3, 0.4) is 0 Å². The Hall–Kier alpha value is -4.26. The molecule has 1 aromatic heterocycles. The average Bonchev–Trinajstić information content (AvgIpc) is 3.42. The van der Waals surface area contributed by atoms with Gasteiger partial charge in [0.15, 0.2) is 0 Å². The Morgan fingerprint density at radius 3 is 2.48 bits per heavy atom. The van der Waals surface area contributed by atoms with Crippen molar-refractivity contribution in [2.24, 2.45) is 5.92 Å². The van der Waals surface area contributed by atoms with Crippen LogP contribution in [0.2, 0.25) is 0 Å². The summed E-state index contributed by atoms with van der Waals surface area (Å²) in [5.74, 6) is -6.49. The van der Waals surface area contributed by atoms with Gasteiger partial charge >= 0.3 is 6.18 Å². The maximum Gasteiger partial charge on any atom is 0.393 e. The predicted octanol–water partition coefficient (Wildman–Crippen LogP) is 4.24. The second-order valence-corrected chi connectivity index (χ2v) is 11.7. The summed E-state index contributed by atoms with van der Waals surface area (Å²) < 4.78 is 68.5. The number of imide groups is 1. The van der Waals surface area contributed by atoms with Gasteiger partial charge < -0.3 is 9.47 Å². The normalized spacial score (nSPS) is 19.1. The zero-order chi connectivity index (χ0) is 33.0. The van der Waals surface area contributed by atoms with Crippen molar-refractivity contribution in [2.45, 2.75) is 29.3 Å². The number of likely N-dealkylation sites (tertiary alicyclic amines) is 1. The molecule has 2 unspecified atom stereocenters. The third kappa shape index (κ3) is 7.09. The smallest absolute Gasteiger partial charge is 0.393 e. The van der Waals surface area contributed by atoms with Gasteiger partial charge in [0.1, 0.15) is 28.2 Å². The number of hydrogen-bond donors (Lipinski definition) is 0. The van der Waals surface area contributed by atoms with E-state index in [0.29, 0.717) is 31.9 Å². The average molecular weight is 660 g/mol. The number of rotatable bonds is 8. The van der Waals surface area contributed by atoms with Crippen molar-refractivity contribution in [3.63, 3.8) is 0 Å². The highest BCUT2D eigenvalue weighted by atomic mass is 32.2. The number of alkyl halides is 3. The van der Waals surface area contributed by atoms with E-state index >= 15 is 0 Å². The molecule has 0 saturated carbocycles. The van der Waals surface area contributed by atoms with Gasteiger partial charge in [0.25, 0.3) is 5.91 Å². The van der Waals surface area contributed by atoms with Crippen molar-refractivity contribution >= 4 is 29.5 Å². The minimum Gasteiger partial charge on any atom is -0.496 e. The molecule has 0 N–H and O–H groups in total. The second kappa shape index (κ2) is 14.0. The molecule has 3 heterocycles. The summed E-state index contributed by atoms with van der Waals surface area (Å²) >= 11 is 0.965. The summed E-state index contributed by atoms with van der Waals surface area (Å²) in [5.41, 5.74) is 0.0159. The van der Waals surface area contributed by atoms with E-state index in [0.717, 1.165) is 21.3 Å². The van der Waals surface area contributed by atoms with Crippen LogP contribution in [0, 0.1) is 23.1 Å². The number of hydrogen-bond acceptors (Lipinski definition) is 9. The first-order valence-corrected chi connectivity index (χ1v) is 15.3. The molecule has 0 bridgehead atoms. The molecule has 2 fully saturated rings. The number of ether oxygens (including phenoxy) is 2. The number of benzene rings is 2. The van der Waals surface area contributed by atoms with Crippen LogP contribution in [0.5, 0.6) is 5.75 Å². The number of carbonyl (C=O) groups excluding carboxylic acids is 3. The maximum absolute atomic E-state index is 14.5. The fraction of sp³-hybridized carbons (Fsp3) is 0.387. The van der Waals surface area contributed by atoms with Crippen LogP contribution in [-0.2, 0) is 20.1 Å². The molecule has 2 aliphatic rings. The number of aromatic nitrogens is 2. The predicted molar refractivity (Wildman–Crippen MR) is 157 cm³/mol. The number of thioether (sulfide) groups is 1. The van der Waals surface area contributed by atoms with Crippen molar-refractivity contribution in [2.75, 3.05) is 46.5 Å². The molecule has 2 saturated heterocycles. The lowest BCUT2D eigenvalue weighted by molar-refractivity contribution is -0.196. The van der Waals surface area contributed by atoms with Crippen LogP contribution in [0.25, 0.3) is 0 Å². The number of morpholine rings is 1. The first-order valence-electron chi connectivity index (χ1n) is 14.3. The monoisotopic (exact) mass is 659 g/mol. The summed E-state index contributed by atoms with van der Waals surface area (Å²) in [7, 11) is 1.35. The Balaban J connectivity index is 1.58. The number of methoxy groups -OCH3 is 1. The highest BCUT2D eigenvalue weighted by Crippen LogP contribution is 2.45. The van der Waals surface area contributed by atoms with Crippen molar-refractivity contribution in [3.05, 3.63) is 76.7 Å². The highest BCUT2D eigenvalue weighted by Gasteiger charge is 2.53. The van der Waals surface area contributed by atoms with Crippen molar-refractivity contribution in [1.29, 1.82) is 5.26 Å². The van der Waals surface area contributed by atoms with Gasteiger partial charge in [-0.05, 0) is 29.8 Å². The third-order valence-corrected chi connectivity index (χ3v) is 9.02. The second-order valence-electron chi connectivity index (χ2n) is 10.8. The van der Waals surface area contributed by atoms with Crippen LogP contribution >= 0.6 is 11.8 Å². The minimum atomic E-state index is -4.88. The Morgan fingerprint density at radius 1 is 1.13 bits per heavy atom. The van der Waals surface area contributed by atoms with Gasteiger partial charge in [-0.25, -0.2) is 4.39 Å². The summed E-state index contributed by atoms with van der Waals surface area (Å²) in [6.45, 7) is 0.727. The molecule has 0 radical (unpaired) electrons. The summed E-state index contributed by atoms with van der Waals surface area (Å²) in [5, 5.41) is 14.6. The van der Waals surface area contributed by atoms with E-state index in [1.165, 1.54) is 43.5 Å². The molecule has 2 amide bonds. The van der Waals surface area contributed by atoms with Gasteiger partial charge in [0.05, 0.1) is 44.0 Å². The Labute approximate surface area is 265 Å². The van der Waals surface area contributed by atoms with Gasteiger partial charge in [-0.2, -0.15) is 28.2 Å². The summed E-state index contributed by atoms with van der Waals surface area (Å²) in [6.07, 6.45) is -5.91. The SMILES string of the molecule is COc1ccccc1C(=O)n1nc(C2CN(C(=O)CN3CCOCC3)C(=O)CC2C(F)(F)F)c(C#N)c1SCc1ccc(F)cc1. The standard InChI is InChI=1S/C31H29F4N5O5S/c1-44-25-5-3-2-4-21(25)29(43)40-30(46-18-19-6-8-20(32)9-7-19)22(15-36)28(37-40)23-16-39(26(41)14-24(23)31(33,34)35)27(42)17-38-10-12-45-13-11-38/h2-9,23-24H,10-14,16-18H2,1H3. The highest BCUT2D eigenvalue weighted by molar-refractivity contribution is 7.98. The molecule has 46 heavy (non-hydrogen) atoms. The molecule has 3 aromatic rings. The number of nitriles is 1. The van der Waals surface area contributed by atoms with Gasteiger partial charge in [0.2, 0.25) is 11.8 Å². The van der Waals surface area contributed by atoms with Gasteiger partial charge in [-0.3, -0.25) is 24.2 Å². The molecule has 242 valence electrons. The molecule has 0 aliphatic carbocycles. The fourth-order valence-electron chi connectivity index (χ4n) is 5.49. The molecule has 10 nitrogen and oxygen atoms in total. The van der Waals surface area contributed by atoms with E-state index in [-0.39, 0.29) is 39.9 Å². The largest absolute Gasteiger partial charge is 0.496 e. The molecule has 0 spiro atoms. The van der Waals surface area contributed by atoms with E-state index in [2.05, 4.69) is 5.10 Å².